The fourth-order valence-electron chi connectivity index (χ4n) is 3.37. The van der Waals surface area contributed by atoms with Gasteiger partial charge in [0.25, 0.3) is 0 Å². The Balaban J connectivity index is 2.13. The molecule has 0 N–H and O–H groups in total. The smallest absolute Gasteiger partial charge is 0.177 e. The van der Waals surface area contributed by atoms with Gasteiger partial charge in [0.15, 0.2) is 19.7 Å². The number of hydrogen-bond donors (Lipinski definition) is 0. The van der Waals surface area contributed by atoms with Gasteiger partial charge in [-0.2, -0.15) is 0 Å². The van der Waals surface area contributed by atoms with Crippen molar-refractivity contribution in [2.75, 3.05) is 24.0 Å². The van der Waals surface area contributed by atoms with Crippen molar-refractivity contribution in [3.63, 3.8) is 0 Å². The molecule has 5 nitrogen and oxygen atoms in total. The molecule has 8 heteroatoms. The van der Waals surface area contributed by atoms with E-state index in [0.717, 1.165) is 30.9 Å². The molecule has 0 unspecified atom stereocenters. The van der Waals surface area contributed by atoms with Crippen LogP contribution in [0.3, 0.4) is 0 Å². The first-order valence-corrected chi connectivity index (χ1v) is 11.9. The minimum absolute atomic E-state index is 0.0243. The molecule has 1 atom stereocenters. The first-order valence-electron chi connectivity index (χ1n) is 8.13. The topological polar surface area (TPSA) is 71.5 Å². The standard InChI is InChI=1S/C18H20FNO4S2/c1-25(21,22)15-8-9-17(18(12-15)26(2,23)24)20-10-4-7-16(20)13-5-3-6-14(19)11-13/h3,5-6,8-9,11-12,16H,4,7,10H2,1-2H3/t16-/m1/s1. The molecule has 0 amide bonds. The van der Waals surface area contributed by atoms with Gasteiger partial charge in [0.2, 0.25) is 0 Å². The molecule has 0 spiro atoms. The Bertz CT molecular complexity index is 1050. The van der Waals surface area contributed by atoms with Crippen LogP contribution in [0.5, 0.6) is 0 Å². The van der Waals surface area contributed by atoms with Crippen molar-refractivity contribution in [2.45, 2.75) is 28.7 Å². The molecule has 0 radical (unpaired) electrons. The molecular weight excluding hydrogens is 377 g/mol. The van der Waals surface area contributed by atoms with Gasteiger partial charge in [-0.3, -0.25) is 0 Å². The van der Waals surface area contributed by atoms with E-state index < -0.39 is 19.7 Å². The maximum atomic E-state index is 13.6. The van der Waals surface area contributed by atoms with Gasteiger partial charge in [0.05, 0.1) is 21.5 Å². The van der Waals surface area contributed by atoms with Crippen LogP contribution in [0.25, 0.3) is 0 Å². The van der Waals surface area contributed by atoms with Crippen LogP contribution in [-0.2, 0) is 19.7 Å². The lowest BCUT2D eigenvalue weighted by molar-refractivity contribution is 0.598. The van der Waals surface area contributed by atoms with Crippen molar-refractivity contribution in [2.24, 2.45) is 0 Å². The zero-order valence-electron chi connectivity index (χ0n) is 14.5. The summed E-state index contributed by atoms with van der Waals surface area (Å²) in [5.74, 6) is -0.342. The van der Waals surface area contributed by atoms with E-state index in [9.17, 15) is 21.2 Å². The van der Waals surface area contributed by atoms with Crippen LogP contribution in [0.15, 0.2) is 52.3 Å². The van der Waals surface area contributed by atoms with Gasteiger partial charge in [0.1, 0.15) is 5.82 Å². The lowest BCUT2D eigenvalue weighted by atomic mass is 10.0. The van der Waals surface area contributed by atoms with Gasteiger partial charge in [0, 0.05) is 19.1 Å². The van der Waals surface area contributed by atoms with Crippen LogP contribution in [0.4, 0.5) is 10.1 Å². The summed E-state index contributed by atoms with van der Waals surface area (Å²) in [5.41, 5.74) is 1.22. The van der Waals surface area contributed by atoms with E-state index in [1.807, 2.05) is 11.0 Å². The zero-order chi connectivity index (χ0) is 19.1. The molecule has 0 aromatic heterocycles. The molecule has 0 saturated carbocycles. The quantitative estimate of drug-likeness (QED) is 0.793. The maximum absolute atomic E-state index is 13.6. The normalized spacial score (nSPS) is 18.3. The number of anilines is 1. The van der Waals surface area contributed by atoms with Crippen molar-refractivity contribution in [3.05, 3.63) is 53.8 Å². The molecule has 26 heavy (non-hydrogen) atoms. The second-order valence-electron chi connectivity index (χ2n) is 6.58. The number of hydrogen-bond acceptors (Lipinski definition) is 5. The van der Waals surface area contributed by atoms with Crippen molar-refractivity contribution in [1.29, 1.82) is 0 Å². The molecule has 1 fully saturated rings. The Morgan fingerprint density at radius 1 is 1.00 bits per heavy atom. The number of nitrogens with zero attached hydrogens (tertiary/aromatic N) is 1. The van der Waals surface area contributed by atoms with Gasteiger partial charge in [-0.05, 0) is 48.7 Å². The molecule has 0 bridgehead atoms. The molecule has 140 valence electrons. The van der Waals surface area contributed by atoms with Crippen molar-refractivity contribution >= 4 is 25.4 Å². The molecule has 1 aliphatic heterocycles. The third-order valence-electron chi connectivity index (χ3n) is 4.55. The van der Waals surface area contributed by atoms with Crippen LogP contribution in [-0.4, -0.2) is 35.9 Å². The van der Waals surface area contributed by atoms with Crippen LogP contribution in [0.2, 0.25) is 0 Å². The van der Waals surface area contributed by atoms with Gasteiger partial charge >= 0.3 is 0 Å². The Hall–Kier alpha value is -1.93. The van der Waals surface area contributed by atoms with Crippen molar-refractivity contribution in [1.82, 2.24) is 0 Å². The highest BCUT2D eigenvalue weighted by atomic mass is 32.2. The van der Waals surface area contributed by atoms with E-state index in [0.29, 0.717) is 12.2 Å². The van der Waals surface area contributed by atoms with Crippen LogP contribution >= 0.6 is 0 Å². The average Bonchev–Trinajstić information content (AvgIpc) is 3.02. The fourth-order valence-corrected chi connectivity index (χ4v) is 5.00. The Kier molecular flexibility index (Phi) is 4.83. The summed E-state index contributed by atoms with van der Waals surface area (Å²) in [6, 6.07) is 10.3. The highest BCUT2D eigenvalue weighted by Gasteiger charge is 2.30. The lowest BCUT2D eigenvalue weighted by Gasteiger charge is -2.29. The SMILES string of the molecule is CS(=O)(=O)c1ccc(N2CCC[C@@H]2c2cccc(F)c2)c(S(C)(=O)=O)c1. The molecule has 3 rings (SSSR count). The van der Waals surface area contributed by atoms with Gasteiger partial charge in [-0.25, -0.2) is 21.2 Å². The number of benzene rings is 2. The predicted molar refractivity (Wildman–Crippen MR) is 98.4 cm³/mol. The van der Waals surface area contributed by atoms with Crippen molar-refractivity contribution < 1.29 is 21.2 Å². The highest BCUT2D eigenvalue weighted by molar-refractivity contribution is 7.91. The Morgan fingerprint density at radius 3 is 2.35 bits per heavy atom. The first kappa shape index (κ1) is 18.8. The van der Waals surface area contributed by atoms with E-state index in [1.54, 1.807) is 6.07 Å². The molecule has 1 aliphatic rings. The second-order valence-corrected chi connectivity index (χ2v) is 10.6. The third-order valence-corrected chi connectivity index (χ3v) is 6.79. The van der Waals surface area contributed by atoms with Crippen molar-refractivity contribution in [3.8, 4) is 0 Å². The van der Waals surface area contributed by atoms with E-state index in [-0.39, 0.29) is 21.7 Å². The minimum Gasteiger partial charge on any atom is -0.363 e. The third kappa shape index (κ3) is 3.76. The summed E-state index contributed by atoms with van der Waals surface area (Å²) in [6.45, 7) is 0.613. The monoisotopic (exact) mass is 397 g/mol. The summed E-state index contributed by atoms with van der Waals surface area (Å²) >= 11 is 0. The minimum atomic E-state index is -3.65. The van der Waals surface area contributed by atoms with E-state index in [2.05, 4.69) is 0 Å². The molecule has 0 aliphatic carbocycles. The maximum Gasteiger partial charge on any atom is 0.177 e. The van der Waals surface area contributed by atoms with E-state index >= 15 is 0 Å². The predicted octanol–water partition coefficient (Wildman–Crippen LogP) is 2.97. The van der Waals surface area contributed by atoms with E-state index in [1.165, 1.54) is 30.3 Å². The number of rotatable bonds is 4. The molecule has 1 saturated heterocycles. The summed E-state index contributed by atoms with van der Waals surface area (Å²) < 4.78 is 61.9. The molecule has 2 aromatic carbocycles. The summed E-state index contributed by atoms with van der Waals surface area (Å²) in [6.07, 6.45) is 3.70. The molecular formula is C18H20FNO4S2. The second kappa shape index (κ2) is 6.66. The Morgan fingerprint density at radius 2 is 1.73 bits per heavy atom. The average molecular weight is 397 g/mol. The van der Waals surface area contributed by atoms with Gasteiger partial charge < -0.3 is 4.90 Å². The molecule has 2 aromatic rings. The number of sulfone groups is 2. The Labute approximate surface area is 153 Å². The largest absolute Gasteiger partial charge is 0.363 e. The number of halogens is 1. The summed E-state index contributed by atoms with van der Waals surface area (Å²) in [5, 5.41) is 0. The van der Waals surface area contributed by atoms with Gasteiger partial charge in [-0.15, -0.1) is 0 Å². The molecule has 1 heterocycles. The van der Waals surface area contributed by atoms with E-state index in [4.69, 9.17) is 0 Å². The summed E-state index contributed by atoms with van der Waals surface area (Å²) in [7, 11) is -7.18. The lowest BCUT2D eigenvalue weighted by Crippen LogP contribution is -2.24. The summed E-state index contributed by atoms with van der Waals surface area (Å²) in [4.78, 5) is 1.85. The first-order chi connectivity index (χ1) is 12.1. The van der Waals surface area contributed by atoms with Gasteiger partial charge in [-0.1, -0.05) is 12.1 Å². The van der Waals surface area contributed by atoms with Crippen LogP contribution < -0.4 is 4.90 Å². The van der Waals surface area contributed by atoms with Crippen LogP contribution in [0, 0.1) is 5.82 Å². The van der Waals surface area contributed by atoms with Crippen LogP contribution in [0.1, 0.15) is 24.4 Å². The highest BCUT2D eigenvalue weighted by Crippen LogP contribution is 2.39. The fraction of sp³-hybridized carbons (Fsp3) is 0.333. The zero-order valence-corrected chi connectivity index (χ0v) is 16.1.